The van der Waals surface area contributed by atoms with Crippen LogP contribution < -0.4 is 11.1 Å². The lowest BCUT2D eigenvalue weighted by Crippen LogP contribution is -2.14. The first-order valence-electron chi connectivity index (χ1n) is 5.77. The molecule has 2 aromatic rings. The van der Waals surface area contributed by atoms with Crippen LogP contribution in [0.4, 0.5) is 11.4 Å². The van der Waals surface area contributed by atoms with Crippen LogP contribution >= 0.6 is 11.6 Å². The van der Waals surface area contributed by atoms with Gasteiger partial charge in [0.2, 0.25) is 0 Å². The van der Waals surface area contributed by atoms with Crippen LogP contribution in [0.15, 0.2) is 30.5 Å². The SMILES string of the molecule is Cc1cc(NC(=O)c2cccc(N)c2C)cnc1Cl. The highest BCUT2D eigenvalue weighted by Gasteiger charge is 2.11. The summed E-state index contributed by atoms with van der Waals surface area (Å²) in [5, 5.41) is 3.21. The molecule has 0 aliphatic heterocycles. The highest BCUT2D eigenvalue weighted by atomic mass is 35.5. The van der Waals surface area contributed by atoms with Crippen LogP contribution in [0.2, 0.25) is 5.15 Å². The average molecular weight is 276 g/mol. The van der Waals surface area contributed by atoms with Crippen molar-refractivity contribution in [1.29, 1.82) is 0 Å². The van der Waals surface area contributed by atoms with Gasteiger partial charge in [-0.1, -0.05) is 17.7 Å². The molecule has 0 spiro atoms. The molecule has 0 atom stereocenters. The van der Waals surface area contributed by atoms with Gasteiger partial charge in [0.25, 0.3) is 5.91 Å². The number of nitrogens with one attached hydrogen (secondary N) is 1. The van der Waals surface area contributed by atoms with E-state index in [1.54, 1.807) is 24.3 Å². The van der Waals surface area contributed by atoms with Crippen LogP contribution in [0, 0.1) is 13.8 Å². The van der Waals surface area contributed by atoms with E-state index in [1.807, 2.05) is 13.8 Å². The number of nitrogen functional groups attached to an aromatic ring is 1. The normalized spacial score (nSPS) is 10.3. The molecule has 0 bridgehead atoms. The first kappa shape index (κ1) is 13.4. The predicted molar refractivity (Wildman–Crippen MR) is 77.5 cm³/mol. The molecule has 19 heavy (non-hydrogen) atoms. The van der Waals surface area contributed by atoms with Gasteiger partial charge in [0.1, 0.15) is 5.15 Å². The second-order valence-electron chi connectivity index (χ2n) is 4.31. The summed E-state index contributed by atoms with van der Waals surface area (Å²) < 4.78 is 0. The summed E-state index contributed by atoms with van der Waals surface area (Å²) in [6, 6.07) is 7.02. The third-order valence-electron chi connectivity index (χ3n) is 2.89. The lowest BCUT2D eigenvalue weighted by molar-refractivity contribution is 0.102. The molecule has 1 amide bonds. The van der Waals surface area contributed by atoms with Crippen LogP contribution in [0.3, 0.4) is 0 Å². The molecule has 0 radical (unpaired) electrons. The first-order chi connectivity index (χ1) is 8.99. The summed E-state index contributed by atoms with van der Waals surface area (Å²) in [7, 11) is 0. The number of anilines is 2. The highest BCUT2D eigenvalue weighted by molar-refractivity contribution is 6.30. The smallest absolute Gasteiger partial charge is 0.256 e. The van der Waals surface area contributed by atoms with Crippen molar-refractivity contribution in [2.45, 2.75) is 13.8 Å². The fourth-order valence-corrected chi connectivity index (χ4v) is 1.83. The molecule has 1 aromatic carbocycles. The quantitative estimate of drug-likeness (QED) is 0.653. The van der Waals surface area contributed by atoms with Gasteiger partial charge in [-0.2, -0.15) is 0 Å². The summed E-state index contributed by atoms with van der Waals surface area (Å²) in [5.41, 5.74) is 9.11. The first-order valence-corrected chi connectivity index (χ1v) is 6.15. The van der Waals surface area contributed by atoms with Crippen molar-refractivity contribution in [1.82, 2.24) is 4.98 Å². The molecule has 0 unspecified atom stereocenters. The van der Waals surface area contributed by atoms with Crippen molar-refractivity contribution in [2.75, 3.05) is 11.1 Å². The number of pyridine rings is 1. The third-order valence-corrected chi connectivity index (χ3v) is 3.29. The van der Waals surface area contributed by atoms with E-state index in [2.05, 4.69) is 10.3 Å². The largest absolute Gasteiger partial charge is 0.398 e. The van der Waals surface area contributed by atoms with Gasteiger partial charge in [-0.15, -0.1) is 0 Å². The highest BCUT2D eigenvalue weighted by Crippen LogP contribution is 2.19. The summed E-state index contributed by atoms with van der Waals surface area (Å²) in [5.74, 6) is -0.215. The number of rotatable bonds is 2. The monoisotopic (exact) mass is 275 g/mol. The molecule has 5 heteroatoms. The van der Waals surface area contributed by atoms with Crippen LogP contribution in [-0.2, 0) is 0 Å². The van der Waals surface area contributed by atoms with Gasteiger partial charge >= 0.3 is 0 Å². The molecule has 0 aliphatic carbocycles. The van der Waals surface area contributed by atoms with E-state index in [9.17, 15) is 4.79 Å². The fraction of sp³-hybridized carbons (Fsp3) is 0.143. The molecule has 1 heterocycles. The summed E-state index contributed by atoms with van der Waals surface area (Å²) in [6.45, 7) is 3.65. The van der Waals surface area contributed by atoms with E-state index in [4.69, 9.17) is 17.3 Å². The predicted octanol–water partition coefficient (Wildman–Crippen LogP) is 3.19. The number of halogens is 1. The van der Waals surface area contributed by atoms with E-state index in [0.717, 1.165) is 11.1 Å². The zero-order valence-corrected chi connectivity index (χ0v) is 11.5. The fourth-order valence-electron chi connectivity index (χ4n) is 1.72. The number of hydrogen-bond acceptors (Lipinski definition) is 3. The Morgan fingerprint density at radius 3 is 2.79 bits per heavy atom. The topological polar surface area (TPSA) is 68.0 Å². The molecule has 1 aromatic heterocycles. The minimum absolute atomic E-state index is 0.215. The average Bonchev–Trinajstić information content (AvgIpc) is 2.37. The van der Waals surface area contributed by atoms with Gasteiger partial charge in [0.05, 0.1) is 11.9 Å². The Morgan fingerprint density at radius 2 is 2.11 bits per heavy atom. The van der Waals surface area contributed by atoms with Crippen molar-refractivity contribution >= 4 is 28.9 Å². The van der Waals surface area contributed by atoms with E-state index >= 15 is 0 Å². The number of aromatic nitrogens is 1. The maximum absolute atomic E-state index is 12.2. The van der Waals surface area contributed by atoms with Crippen LogP contribution in [0.25, 0.3) is 0 Å². The molecule has 4 nitrogen and oxygen atoms in total. The summed E-state index contributed by atoms with van der Waals surface area (Å²) in [6.07, 6.45) is 1.52. The van der Waals surface area contributed by atoms with E-state index in [-0.39, 0.29) is 5.91 Å². The van der Waals surface area contributed by atoms with Gasteiger partial charge in [-0.3, -0.25) is 4.79 Å². The number of aryl methyl sites for hydroxylation is 1. The minimum atomic E-state index is -0.215. The number of benzene rings is 1. The maximum atomic E-state index is 12.2. The molecule has 2 rings (SSSR count). The summed E-state index contributed by atoms with van der Waals surface area (Å²) >= 11 is 5.84. The Hall–Kier alpha value is -2.07. The molecule has 98 valence electrons. The molecule has 0 saturated carbocycles. The molecular weight excluding hydrogens is 262 g/mol. The Kier molecular flexibility index (Phi) is 3.71. The zero-order chi connectivity index (χ0) is 14.0. The Bertz CT molecular complexity index is 641. The Morgan fingerprint density at radius 1 is 1.37 bits per heavy atom. The van der Waals surface area contributed by atoms with Crippen molar-refractivity contribution in [2.24, 2.45) is 0 Å². The van der Waals surface area contributed by atoms with Gasteiger partial charge in [-0.25, -0.2) is 4.98 Å². The zero-order valence-electron chi connectivity index (χ0n) is 10.7. The number of nitrogens with zero attached hydrogens (tertiary/aromatic N) is 1. The summed E-state index contributed by atoms with van der Waals surface area (Å²) in [4.78, 5) is 16.1. The van der Waals surface area contributed by atoms with Crippen LogP contribution in [-0.4, -0.2) is 10.9 Å². The van der Waals surface area contributed by atoms with E-state index in [1.165, 1.54) is 6.20 Å². The van der Waals surface area contributed by atoms with Crippen molar-refractivity contribution < 1.29 is 4.79 Å². The van der Waals surface area contributed by atoms with Crippen LogP contribution in [0.5, 0.6) is 0 Å². The Labute approximate surface area is 116 Å². The lowest BCUT2D eigenvalue weighted by Gasteiger charge is -2.09. The number of carbonyl (C=O) groups excluding carboxylic acids is 1. The van der Waals surface area contributed by atoms with E-state index in [0.29, 0.717) is 22.1 Å². The van der Waals surface area contributed by atoms with E-state index < -0.39 is 0 Å². The molecule has 0 fully saturated rings. The van der Waals surface area contributed by atoms with Gasteiger partial charge in [0.15, 0.2) is 0 Å². The second kappa shape index (κ2) is 5.28. The maximum Gasteiger partial charge on any atom is 0.256 e. The standard InChI is InChI=1S/C14H14ClN3O/c1-8-6-10(7-17-13(8)15)18-14(19)11-4-3-5-12(16)9(11)2/h3-7H,16H2,1-2H3,(H,18,19). The van der Waals surface area contributed by atoms with Gasteiger partial charge < -0.3 is 11.1 Å². The van der Waals surface area contributed by atoms with Gasteiger partial charge in [0, 0.05) is 11.3 Å². The van der Waals surface area contributed by atoms with Crippen molar-refractivity contribution in [3.63, 3.8) is 0 Å². The molecular formula is C14H14ClN3O. The van der Waals surface area contributed by atoms with Crippen molar-refractivity contribution in [3.8, 4) is 0 Å². The molecule has 0 saturated heterocycles. The number of nitrogens with two attached hydrogens (primary N) is 1. The second-order valence-corrected chi connectivity index (χ2v) is 4.66. The number of hydrogen-bond donors (Lipinski definition) is 2. The van der Waals surface area contributed by atoms with Crippen LogP contribution in [0.1, 0.15) is 21.5 Å². The lowest BCUT2D eigenvalue weighted by atomic mass is 10.1. The Balaban J connectivity index is 2.26. The molecule has 3 N–H and O–H groups in total. The van der Waals surface area contributed by atoms with Crippen molar-refractivity contribution in [3.05, 3.63) is 52.3 Å². The number of carbonyl (C=O) groups is 1. The third kappa shape index (κ3) is 2.85. The minimum Gasteiger partial charge on any atom is -0.398 e. The molecule has 0 aliphatic rings. The number of amides is 1. The van der Waals surface area contributed by atoms with Gasteiger partial charge in [-0.05, 0) is 43.2 Å².